The van der Waals surface area contributed by atoms with Gasteiger partial charge < -0.3 is 30.4 Å². The van der Waals surface area contributed by atoms with E-state index in [1.54, 1.807) is 12.4 Å². The van der Waals surface area contributed by atoms with E-state index in [1.807, 2.05) is 38.2 Å². The van der Waals surface area contributed by atoms with E-state index >= 15 is 0 Å². The van der Waals surface area contributed by atoms with Crippen molar-refractivity contribution >= 4 is 79.7 Å². The Labute approximate surface area is 352 Å². The SMILES string of the molecule is [C-]#[N+]c1cc2c(-c3cncc(N)c3Cl)cn(C3CCC(C(=O)O)CC3)c2cc1C.[C-]#[N+]c1cc2c(-c3cncc(N)c3Cl)cn(C3CCC(C(=O)OC)CC3)c2cc1C. The first-order valence-electron chi connectivity index (χ1n) is 19.5. The number of nitrogens with zero attached hydrogens (tertiary/aromatic N) is 6. The van der Waals surface area contributed by atoms with Crippen molar-refractivity contribution in [2.75, 3.05) is 18.6 Å². The Bertz CT molecular complexity index is 2690. The molecule has 0 radical (unpaired) electrons. The van der Waals surface area contributed by atoms with Crippen molar-refractivity contribution in [1.82, 2.24) is 19.1 Å². The van der Waals surface area contributed by atoms with Crippen LogP contribution in [0.25, 0.3) is 53.7 Å². The van der Waals surface area contributed by atoms with Crippen molar-refractivity contribution in [2.24, 2.45) is 11.8 Å². The van der Waals surface area contributed by atoms with E-state index in [0.29, 0.717) is 45.6 Å². The summed E-state index contributed by atoms with van der Waals surface area (Å²) in [4.78, 5) is 39.0. The number of hydrogen-bond donors (Lipinski definition) is 3. The number of carbonyl (C=O) groups is 2. The molecular weight excluding hydrogens is 787 g/mol. The first-order chi connectivity index (χ1) is 28.3. The van der Waals surface area contributed by atoms with Crippen LogP contribution in [0.2, 0.25) is 10.0 Å². The molecule has 14 heteroatoms. The lowest BCUT2D eigenvalue weighted by atomic mass is 9.86. The maximum atomic E-state index is 11.9. The van der Waals surface area contributed by atoms with Crippen LogP contribution in [-0.2, 0) is 14.3 Å². The summed E-state index contributed by atoms with van der Waals surface area (Å²) in [5.74, 6) is -1.13. The number of aliphatic carboxylic acids is 1. The molecule has 8 rings (SSSR count). The largest absolute Gasteiger partial charge is 0.481 e. The Kier molecular flexibility index (Phi) is 11.9. The van der Waals surface area contributed by atoms with E-state index in [-0.39, 0.29) is 29.9 Å². The third kappa shape index (κ3) is 7.91. The minimum absolute atomic E-state index is 0.0319. The molecule has 12 nitrogen and oxygen atoms in total. The van der Waals surface area contributed by atoms with Gasteiger partial charge in [-0.25, -0.2) is 9.69 Å². The number of carboxylic acids is 1. The van der Waals surface area contributed by atoms with Gasteiger partial charge in [0.1, 0.15) is 0 Å². The fourth-order valence-electron chi connectivity index (χ4n) is 8.71. The number of carbonyl (C=O) groups excluding carboxylic acids is 1. The molecule has 302 valence electrons. The molecule has 0 amide bonds. The molecule has 2 saturated carbocycles. The van der Waals surface area contributed by atoms with Crippen molar-refractivity contribution in [3.05, 3.63) is 105 Å². The average Bonchev–Trinajstić information content (AvgIpc) is 3.79. The molecule has 2 aliphatic carbocycles. The number of rotatable bonds is 6. The van der Waals surface area contributed by atoms with Gasteiger partial charge in [-0.15, -0.1) is 0 Å². The molecule has 4 aromatic heterocycles. The van der Waals surface area contributed by atoms with Gasteiger partial charge in [-0.1, -0.05) is 23.2 Å². The topological polar surface area (TPSA) is 160 Å². The number of ether oxygens (including phenoxy) is 1. The number of aryl methyl sites for hydroxylation is 2. The van der Waals surface area contributed by atoms with Crippen LogP contribution in [0.3, 0.4) is 0 Å². The zero-order valence-electron chi connectivity index (χ0n) is 33.0. The van der Waals surface area contributed by atoms with Gasteiger partial charge in [0.15, 0.2) is 11.4 Å². The van der Waals surface area contributed by atoms with E-state index in [9.17, 15) is 14.7 Å². The highest BCUT2D eigenvalue weighted by atomic mass is 35.5. The predicted molar refractivity (Wildman–Crippen MR) is 233 cm³/mol. The van der Waals surface area contributed by atoms with Crippen molar-refractivity contribution in [2.45, 2.75) is 77.3 Å². The summed E-state index contributed by atoms with van der Waals surface area (Å²) in [5.41, 5.74) is 21.2. The van der Waals surface area contributed by atoms with Crippen LogP contribution in [0, 0.1) is 38.8 Å². The highest BCUT2D eigenvalue weighted by molar-refractivity contribution is 6.36. The summed E-state index contributed by atoms with van der Waals surface area (Å²) in [7, 11) is 1.45. The van der Waals surface area contributed by atoms with Crippen LogP contribution in [0.4, 0.5) is 22.7 Å². The molecule has 0 spiro atoms. The fourth-order valence-corrected chi connectivity index (χ4v) is 9.11. The molecule has 2 fully saturated rings. The molecule has 0 bridgehead atoms. The van der Waals surface area contributed by atoms with Crippen LogP contribution in [-0.4, -0.2) is 43.3 Å². The molecule has 6 aromatic rings. The highest BCUT2D eigenvalue weighted by Crippen LogP contribution is 2.45. The summed E-state index contributed by atoms with van der Waals surface area (Å²) >= 11 is 13.0. The third-order valence-electron chi connectivity index (χ3n) is 12.0. The maximum absolute atomic E-state index is 11.9. The number of fused-ring (bicyclic) bond motifs is 2. The summed E-state index contributed by atoms with van der Waals surface area (Å²) < 4.78 is 9.39. The normalized spacial score (nSPS) is 19.0. The second-order valence-corrected chi connectivity index (χ2v) is 16.2. The summed E-state index contributed by atoms with van der Waals surface area (Å²) in [6.45, 7) is 18.9. The third-order valence-corrected chi connectivity index (χ3v) is 12.8. The molecule has 2 aliphatic rings. The Morgan fingerprint density at radius 1 is 0.695 bits per heavy atom. The standard InChI is InChI=1S/C23H23ClN4O2.C22H21ClN4O2/c1-13-8-21-16(9-20(13)26-2)18(17-10-27-11-19(25)22(17)24)12-28(21)15-6-4-14(5-7-15)23(29)30-3;1-12-7-20-15(8-19(12)25-2)17(16-9-26-10-18(24)21(16)23)11-27(20)14-5-3-13(4-6-14)22(28)29/h8-12,14-15H,4-7,25H2,1,3H3;7-11,13-14H,3-6,24H2,1H3,(H,28,29). The first kappa shape index (κ1) is 41.1. The number of aromatic nitrogens is 4. The molecule has 2 aromatic carbocycles. The number of anilines is 2. The number of hydrogen-bond acceptors (Lipinski definition) is 7. The number of nitrogens with two attached hydrogens (primary N) is 2. The van der Waals surface area contributed by atoms with Gasteiger partial charge in [0.05, 0.1) is 65.9 Å². The molecule has 4 heterocycles. The van der Waals surface area contributed by atoms with Gasteiger partial charge in [0.25, 0.3) is 0 Å². The number of carboxylic acid groups (broad SMARTS) is 1. The lowest BCUT2D eigenvalue weighted by Gasteiger charge is -2.28. The molecule has 0 atom stereocenters. The summed E-state index contributed by atoms with van der Waals surface area (Å²) in [5, 5.41) is 12.1. The second kappa shape index (κ2) is 17.0. The van der Waals surface area contributed by atoms with Gasteiger partial charge in [-0.2, -0.15) is 0 Å². The van der Waals surface area contributed by atoms with E-state index in [4.69, 9.17) is 52.6 Å². The van der Waals surface area contributed by atoms with E-state index in [2.05, 4.69) is 41.1 Å². The zero-order valence-corrected chi connectivity index (χ0v) is 34.5. The fraction of sp³-hybridized carbons (Fsp3) is 0.333. The zero-order chi connectivity index (χ0) is 42.1. The van der Waals surface area contributed by atoms with Crippen LogP contribution in [0.15, 0.2) is 61.4 Å². The monoisotopic (exact) mass is 830 g/mol. The van der Waals surface area contributed by atoms with E-state index in [1.165, 1.54) is 19.5 Å². The second-order valence-electron chi connectivity index (χ2n) is 15.5. The van der Waals surface area contributed by atoms with E-state index < -0.39 is 5.97 Å². The lowest BCUT2D eigenvalue weighted by Crippen LogP contribution is -2.24. The molecule has 0 unspecified atom stereocenters. The van der Waals surface area contributed by atoms with Crippen molar-refractivity contribution in [1.29, 1.82) is 0 Å². The van der Waals surface area contributed by atoms with Crippen LogP contribution in [0.1, 0.15) is 74.6 Å². The van der Waals surface area contributed by atoms with Crippen LogP contribution >= 0.6 is 23.2 Å². The van der Waals surface area contributed by atoms with Gasteiger partial charge in [-0.3, -0.25) is 19.6 Å². The Morgan fingerprint density at radius 3 is 1.47 bits per heavy atom. The van der Waals surface area contributed by atoms with Gasteiger partial charge >= 0.3 is 11.9 Å². The Balaban J connectivity index is 0.000000179. The quantitative estimate of drug-likeness (QED) is 0.110. The molecule has 0 aliphatic heterocycles. The Hall–Kier alpha value is -6.08. The maximum Gasteiger partial charge on any atom is 0.308 e. The van der Waals surface area contributed by atoms with Crippen molar-refractivity contribution in [3.63, 3.8) is 0 Å². The number of nitrogen functional groups attached to an aromatic ring is 2. The first-order valence-corrected chi connectivity index (χ1v) is 20.2. The average molecular weight is 832 g/mol. The number of pyridine rings is 2. The molecule has 0 saturated heterocycles. The molecule has 59 heavy (non-hydrogen) atoms. The van der Waals surface area contributed by atoms with Crippen molar-refractivity contribution < 1.29 is 19.4 Å². The molecular formula is C45H44Cl2N8O4. The Morgan fingerprint density at radius 2 is 1.10 bits per heavy atom. The minimum Gasteiger partial charge on any atom is -0.481 e. The van der Waals surface area contributed by atoms with Crippen molar-refractivity contribution in [3.8, 4) is 22.3 Å². The van der Waals surface area contributed by atoms with Crippen LogP contribution in [0.5, 0.6) is 0 Å². The number of halogens is 2. The number of methoxy groups -OCH3 is 1. The van der Waals surface area contributed by atoms with Gasteiger partial charge in [0.2, 0.25) is 0 Å². The highest BCUT2D eigenvalue weighted by Gasteiger charge is 2.30. The van der Waals surface area contributed by atoms with Gasteiger partial charge in [0, 0.05) is 70.2 Å². The number of benzene rings is 2. The minimum atomic E-state index is -0.711. The van der Waals surface area contributed by atoms with E-state index in [0.717, 1.165) is 93.7 Å². The lowest BCUT2D eigenvalue weighted by molar-refractivity contribution is -0.146. The molecule has 5 N–H and O–H groups in total. The summed E-state index contributed by atoms with van der Waals surface area (Å²) in [6.07, 6.45) is 16.9. The number of esters is 1. The summed E-state index contributed by atoms with van der Waals surface area (Å²) in [6, 6.07) is 8.37. The predicted octanol–water partition coefficient (Wildman–Crippen LogP) is 11.3. The van der Waals surface area contributed by atoms with Gasteiger partial charge in [-0.05, 0) is 111 Å². The smallest absolute Gasteiger partial charge is 0.308 e. The van der Waals surface area contributed by atoms with Crippen LogP contribution < -0.4 is 11.5 Å².